The first-order chi connectivity index (χ1) is 0. The van der Waals surface area contributed by atoms with E-state index >= 15 is 0 Å². The maximum absolute atomic E-state index is 0. The molecule has 5 radical (unpaired) electrons. The van der Waals surface area contributed by atoms with Crippen LogP contribution in [-0.2, 0) is 92.8 Å². The van der Waals surface area contributed by atoms with Gasteiger partial charge in [-0.25, -0.2) is 0 Å². The summed E-state index contributed by atoms with van der Waals surface area (Å²) >= 11 is 0. The van der Waals surface area contributed by atoms with Crippen molar-refractivity contribution >= 4 is 0 Å². The van der Waals surface area contributed by atoms with Crippen LogP contribution in [0.15, 0.2) is 0 Å². The van der Waals surface area contributed by atoms with Crippen molar-refractivity contribution in [2.45, 2.75) is 0 Å². The molecule has 0 aromatic rings. The molecular weight excluding hydrogens is 262 g/mol. The van der Waals surface area contributed by atoms with Crippen LogP contribution in [0.2, 0.25) is 0 Å². The summed E-state index contributed by atoms with van der Waals surface area (Å²) in [4.78, 5) is 0. The van der Waals surface area contributed by atoms with Crippen LogP contribution < -0.4 is 18.9 Å². The average Bonchev–Trinajstić information content (AvgIpc) is 0. The molecule has 0 saturated heterocycles. The average molecular weight is 263 g/mol. The van der Waals surface area contributed by atoms with Gasteiger partial charge in [-0.2, -0.15) is 0 Å². The molecule has 0 atom stereocenters. The number of rotatable bonds is 0. The topological polar surface area (TPSA) is 0 Å². The predicted molar refractivity (Wildman–Crippen MR) is 1.11 cm³/mol. The van der Waals surface area contributed by atoms with E-state index in [2.05, 4.69) is 0 Å². The molecule has 0 saturated carbocycles. The van der Waals surface area contributed by atoms with Crippen molar-refractivity contribution in [2.24, 2.45) is 0 Å². The Morgan fingerprint density at radius 1 is 0.500 bits per heavy atom. The summed E-state index contributed by atoms with van der Waals surface area (Å²) < 4.78 is 0. The van der Waals surface area contributed by atoms with Gasteiger partial charge in [0.15, 0.2) is 0 Å². The molecule has 0 unspecified atom stereocenters. The number of hydrogen-bond donors (Lipinski definition) is 0. The summed E-state index contributed by atoms with van der Waals surface area (Å²) in [6.45, 7) is 0. The van der Waals surface area contributed by atoms with E-state index in [9.17, 15) is 0 Å². The van der Waals surface area contributed by atoms with Gasteiger partial charge >= 0.3 is 18.9 Å². The maximum Gasteiger partial charge on any atom is 1.00 e. The van der Waals surface area contributed by atoms with Crippen molar-refractivity contribution in [3.05, 3.63) is 0 Å². The standard InChI is InChI=1S/Li.5V.H/q+1;;;;;;-1. The molecule has 0 aliphatic heterocycles. The van der Waals surface area contributed by atoms with Crippen LogP contribution >= 0.6 is 0 Å². The fraction of sp³-hybridized carbons (Fsp3) is 0. The van der Waals surface area contributed by atoms with Crippen molar-refractivity contribution in [1.29, 1.82) is 0 Å². The molecule has 0 fully saturated rings. The van der Waals surface area contributed by atoms with Crippen molar-refractivity contribution in [2.75, 3.05) is 0 Å². The van der Waals surface area contributed by atoms with E-state index in [-0.39, 0.29) is 113 Å². The SMILES string of the molecule is [H-].[Li+].[V].[V].[V].[V].[V]. The van der Waals surface area contributed by atoms with E-state index in [1.807, 2.05) is 0 Å². The third-order valence-electron chi connectivity index (χ3n) is 0. The van der Waals surface area contributed by atoms with Gasteiger partial charge in [-0.15, -0.1) is 0 Å². The molecule has 27 valence electrons. The zero-order valence-corrected chi connectivity index (χ0v) is 10.2. The second kappa shape index (κ2) is 38.9. The quantitative estimate of drug-likeness (QED) is 0.411. The first kappa shape index (κ1) is 55.8. The van der Waals surface area contributed by atoms with Crippen LogP contribution in [0.4, 0.5) is 0 Å². The summed E-state index contributed by atoms with van der Waals surface area (Å²) in [5.41, 5.74) is 0. The van der Waals surface area contributed by atoms with Crippen molar-refractivity contribution < 1.29 is 113 Å². The molecule has 0 aromatic carbocycles. The van der Waals surface area contributed by atoms with Gasteiger partial charge in [0.1, 0.15) is 0 Å². The fourth-order valence-electron chi connectivity index (χ4n) is 0. The molecule has 0 spiro atoms. The Kier molecular flexibility index (Phi) is 362. The van der Waals surface area contributed by atoms with Gasteiger partial charge in [-0.05, 0) is 0 Å². The Hall–Kier alpha value is 3.52. The summed E-state index contributed by atoms with van der Waals surface area (Å²) in [5.74, 6) is 0. The molecular formula is HLiV5. The Morgan fingerprint density at radius 2 is 0.500 bits per heavy atom. The largest absolute Gasteiger partial charge is 1.00 e. The van der Waals surface area contributed by atoms with Crippen molar-refractivity contribution in [1.82, 2.24) is 0 Å². The summed E-state index contributed by atoms with van der Waals surface area (Å²) in [6.07, 6.45) is 0. The molecule has 0 N–H and O–H groups in total. The first-order valence-corrected chi connectivity index (χ1v) is 0. The number of hydrogen-bond acceptors (Lipinski definition) is 0. The molecule has 0 nitrogen and oxygen atoms in total. The van der Waals surface area contributed by atoms with Crippen LogP contribution in [0.3, 0.4) is 0 Å². The maximum atomic E-state index is 0. The van der Waals surface area contributed by atoms with E-state index in [4.69, 9.17) is 0 Å². The van der Waals surface area contributed by atoms with Gasteiger partial charge in [0, 0.05) is 92.8 Å². The third-order valence-corrected chi connectivity index (χ3v) is 0. The predicted octanol–water partition coefficient (Wildman–Crippen LogP) is -2.90. The molecule has 0 amide bonds. The second-order valence-corrected chi connectivity index (χ2v) is 0. The van der Waals surface area contributed by atoms with Gasteiger partial charge in [0.05, 0.1) is 0 Å². The van der Waals surface area contributed by atoms with Crippen LogP contribution in [0.1, 0.15) is 1.43 Å². The molecule has 6 heavy (non-hydrogen) atoms. The van der Waals surface area contributed by atoms with Crippen LogP contribution in [0, 0.1) is 0 Å². The molecule has 0 aliphatic rings. The Balaban J connectivity index is 0. The van der Waals surface area contributed by atoms with Gasteiger partial charge in [0.25, 0.3) is 0 Å². The zero-order chi connectivity index (χ0) is 0. The van der Waals surface area contributed by atoms with E-state index in [0.29, 0.717) is 0 Å². The van der Waals surface area contributed by atoms with Crippen LogP contribution in [0.25, 0.3) is 0 Å². The van der Waals surface area contributed by atoms with E-state index in [1.165, 1.54) is 0 Å². The minimum Gasteiger partial charge on any atom is -1.00 e. The van der Waals surface area contributed by atoms with Gasteiger partial charge < -0.3 is 1.43 Å². The Bertz CT molecular complexity index is 8.04. The van der Waals surface area contributed by atoms with E-state index in [0.717, 1.165) is 0 Å². The normalized spacial score (nSPS) is 0. The molecule has 0 aromatic heterocycles. The van der Waals surface area contributed by atoms with E-state index in [1.54, 1.807) is 0 Å². The molecule has 6 heteroatoms. The third kappa shape index (κ3) is 25.8. The van der Waals surface area contributed by atoms with Gasteiger partial charge in [-0.1, -0.05) is 0 Å². The fourth-order valence-corrected chi connectivity index (χ4v) is 0. The van der Waals surface area contributed by atoms with Crippen LogP contribution in [0.5, 0.6) is 0 Å². The molecule has 0 aliphatic carbocycles. The Morgan fingerprint density at radius 3 is 0.500 bits per heavy atom. The first-order valence-electron chi connectivity index (χ1n) is 0. The molecule has 0 heterocycles. The molecule has 0 rings (SSSR count). The van der Waals surface area contributed by atoms with Crippen molar-refractivity contribution in [3.8, 4) is 0 Å². The van der Waals surface area contributed by atoms with Gasteiger partial charge in [-0.3, -0.25) is 0 Å². The summed E-state index contributed by atoms with van der Waals surface area (Å²) in [7, 11) is 0. The van der Waals surface area contributed by atoms with Crippen molar-refractivity contribution in [3.63, 3.8) is 0 Å². The minimum absolute atomic E-state index is 0. The molecule has 0 bridgehead atoms. The summed E-state index contributed by atoms with van der Waals surface area (Å²) in [5, 5.41) is 0. The minimum atomic E-state index is 0. The van der Waals surface area contributed by atoms with E-state index < -0.39 is 0 Å². The Labute approximate surface area is 111 Å². The summed E-state index contributed by atoms with van der Waals surface area (Å²) in [6, 6.07) is 0. The second-order valence-electron chi connectivity index (χ2n) is 0. The smallest absolute Gasteiger partial charge is 1.00 e. The van der Waals surface area contributed by atoms with Crippen LogP contribution in [-0.4, -0.2) is 0 Å². The van der Waals surface area contributed by atoms with Gasteiger partial charge in [0.2, 0.25) is 0 Å². The zero-order valence-electron chi connectivity index (χ0n) is 4.24. The monoisotopic (exact) mass is 263 g/mol.